The number of piperidine rings is 1. The minimum Gasteiger partial charge on any atom is -0.343 e. The van der Waals surface area contributed by atoms with Crippen LogP contribution < -0.4 is 5.73 Å². The van der Waals surface area contributed by atoms with Crippen LogP contribution in [0.4, 0.5) is 0 Å². The Bertz CT molecular complexity index is 268. The van der Waals surface area contributed by atoms with E-state index in [0.29, 0.717) is 6.42 Å². The van der Waals surface area contributed by atoms with Crippen molar-refractivity contribution >= 4 is 5.91 Å². The molecule has 1 unspecified atom stereocenters. The molecule has 2 saturated heterocycles. The Balaban J connectivity index is 1.73. The molecule has 2 fully saturated rings. The molecule has 0 aliphatic carbocycles. The van der Waals surface area contributed by atoms with Crippen LogP contribution in [0.1, 0.15) is 45.4 Å². The minimum absolute atomic E-state index is 0.0359. The molecule has 0 aromatic carbocycles. The average molecular weight is 253 g/mol. The molecular weight excluding hydrogens is 226 g/mol. The van der Waals surface area contributed by atoms with Crippen molar-refractivity contribution in [2.24, 2.45) is 5.73 Å². The predicted molar refractivity (Wildman–Crippen MR) is 73.3 cm³/mol. The number of carbonyl (C=O) groups is 1. The van der Waals surface area contributed by atoms with Gasteiger partial charge in [0.05, 0.1) is 0 Å². The fraction of sp³-hybridized carbons (Fsp3) is 0.929. The molecular formula is C14H27N3O. The summed E-state index contributed by atoms with van der Waals surface area (Å²) in [6.07, 6.45) is 6.40. The second-order valence-corrected chi connectivity index (χ2v) is 5.73. The lowest BCUT2D eigenvalue weighted by molar-refractivity contribution is -0.133. The Morgan fingerprint density at radius 1 is 1.22 bits per heavy atom. The van der Waals surface area contributed by atoms with E-state index in [-0.39, 0.29) is 11.9 Å². The molecule has 2 N–H and O–H groups in total. The largest absolute Gasteiger partial charge is 0.343 e. The highest BCUT2D eigenvalue weighted by atomic mass is 16.2. The lowest BCUT2D eigenvalue weighted by atomic mass is 10.0. The first kappa shape index (κ1) is 13.8. The molecule has 18 heavy (non-hydrogen) atoms. The summed E-state index contributed by atoms with van der Waals surface area (Å²) < 4.78 is 0. The second-order valence-electron chi connectivity index (χ2n) is 5.73. The summed E-state index contributed by atoms with van der Waals surface area (Å²) in [5.74, 6) is 0.254. The van der Waals surface area contributed by atoms with E-state index in [1.165, 1.54) is 25.9 Å². The Kier molecular flexibility index (Phi) is 5.01. The van der Waals surface area contributed by atoms with Gasteiger partial charge in [-0.1, -0.05) is 6.92 Å². The number of nitrogens with zero attached hydrogens (tertiary/aromatic N) is 2. The number of likely N-dealkylation sites (tertiary alicyclic amines) is 2. The van der Waals surface area contributed by atoms with E-state index in [9.17, 15) is 4.79 Å². The van der Waals surface area contributed by atoms with Gasteiger partial charge in [-0.25, -0.2) is 0 Å². The summed E-state index contributed by atoms with van der Waals surface area (Å²) in [6, 6.07) is 0.755. The third-order valence-corrected chi connectivity index (χ3v) is 4.44. The highest BCUT2D eigenvalue weighted by molar-refractivity contribution is 5.76. The van der Waals surface area contributed by atoms with Gasteiger partial charge in [0.25, 0.3) is 0 Å². The van der Waals surface area contributed by atoms with E-state index in [1.54, 1.807) is 0 Å². The molecule has 0 radical (unpaired) electrons. The molecule has 1 amide bonds. The predicted octanol–water partition coefficient (Wildman–Crippen LogP) is 1.20. The van der Waals surface area contributed by atoms with Crippen LogP contribution in [0.2, 0.25) is 0 Å². The number of nitrogens with two attached hydrogens (primary N) is 1. The van der Waals surface area contributed by atoms with Gasteiger partial charge in [-0.05, 0) is 45.2 Å². The molecule has 0 saturated carbocycles. The van der Waals surface area contributed by atoms with E-state index < -0.39 is 0 Å². The van der Waals surface area contributed by atoms with Gasteiger partial charge in [0, 0.05) is 31.6 Å². The topological polar surface area (TPSA) is 49.6 Å². The summed E-state index contributed by atoms with van der Waals surface area (Å²) in [4.78, 5) is 16.7. The molecule has 0 spiro atoms. The molecule has 0 aromatic heterocycles. The zero-order valence-electron chi connectivity index (χ0n) is 11.6. The normalized spacial score (nSPS) is 24.4. The first-order valence-corrected chi connectivity index (χ1v) is 7.48. The Morgan fingerprint density at radius 3 is 2.39 bits per heavy atom. The zero-order chi connectivity index (χ0) is 13.0. The van der Waals surface area contributed by atoms with Crippen molar-refractivity contribution in [1.29, 1.82) is 0 Å². The standard InChI is InChI=1S/C14H27N3O/c1-2-12(15)11-14(18)17-9-5-13(6-10-17)16-7-3-4-8-16/h12-13H,2-11,15H2,1H3. The third kappa shape index (κ3) is 3.45. The SMILES string of the molecule is CCC(N)CC(=O)N1CCC(N2CCCC2)CC1. The van der Waals surface area contributed by atoms with Crippen LogP contribution >= 0.6 is 0 Å². The lowest BCUT2D eigenvalue weighted by Gasteiger charge is -2.37. The van der Waals surface area contributed by atoms with E-state index in [1.807, 2.05) is 11.8 Å². The van der Waals surface area contributed by atoms with Crippen molar-refractivity contribution in [2.45, 2.75) is 57.5 Å². The number of carbonyl (C=O) groups excluding carboxylic acids is 1. The zero-order valence-corrected chi connectivity index (χ0v) is 11.6. The molecule has 4 heteroatoms. The molecule has 4 nitrogen and oxygen atoms in total. The summed E-state index contributed by atoms with van der Waals surface area (Å²) in [5, 5.41) is 0. The summed E-state index contributed by atoms with van der Waals surface area (Å²) in [5.41, 5.74) is 5.85. The molecule has 2 rings (SSSR count). The van der Waals surface area contributed by atoms with Crippen LogP contribution in [-0.2, 0) is 4.79 Å². The summed E-state index contributed by atoms with van der Waals surface area (Å²) >= 11 is 0. The maximum Gasteiger partial charge on any atom is 0.224 e. The molecule has 0 bridgehead atoms. The van der Waals surface area contributed by atoms with E-state index in [0.717, 1.165) is 38.4 Å². The number of hydrogen-bond donors (Lipinski definition) is 1. The lowest BCUT2D eigenvalue weighted by Crippen LogP contribution is -2.46. The smallest absolute Gasteiger partial charge is 0.224 e. The van der Waals surface area contributed by atoms with Crippen molar-refractivity contribution < 1.29 is 4.79 Å². The van der Waals surface area contributed by atoms with E-state index in [2.05, 4.69) is 4.90 Å². The van der Waals surface area contributed by atoms with Crippen molar-refractivity contribution in [1.82, 2.24) is 9.80 Å². The van der Waals surface area contributed by atoms with Crippen LogP contribution in [0.3, 0.4) is 0 Å². The fourth-order valence-electron chi connectivity index (χ4n) is 3.08. The Morgan fingerprint density at radius 2 is 1.83 bits per heavy atom. The third-order valence-electron chi connectivity index (χ3n) is 4.44. The van der Waals surface area contributed by atoms with Crippen LogP contribution in [0.5, 0.6) is 0 Å². The van der Waals surface area contributed by atoms with Crippen LogP contribution in [0, 0.1) is 0 Å². The Labute approximate surface area is 110 Å². The molecule has 2 heterocycles. The van der Waals surface area contributed by atoms with Gasteiger partial charge in [-0.3, -0.25) is 4.79 Å². The van der Waals surface area contributed by atoms with Gasteiger partial charge < -0.3 is 15.5 Å². The summed E-state index contributed by atoms with van der Waals surface area (Å²) in [6.45, 7) is 6.42. The fourth-order valence-corrected chi connectivity index (χ4v) is 3.08. The van der Waals surface area contributed by atoms with Crippen molar-refractivity contribution in [2.75, 3.05) is 26.2 Å². The average Bonchev–Trinajstić information content (AvgIpc) is 2.92. The maximum absolute atomic E-state index is 12.0. The minimum atomic E-state index is 0.0359. The first-order chi connectivity index (χ1) is 8.70. The highest BCUT2D eigenvalue weighted by Crippen LogP contribution is 2.21. The molecule has 2 aliphatic heterocycles. The first-order valence-electron chi connectivity index (χ1n) is 7.48. The molecule has 2 aliphatic rings. The molecule has 0 aromatic rings. The molecule has 1 atom stereocenters. The van der Waals surface area contributed by atoms with Gasteiger partial charge in [0.15, 0.2) is 0 Å². The van der Waals surface area contributed by atoms with Crippen LogP contribution in [-0.4, -0.2) is 54.0 Å². The monoisotopic (exact) mass is 253 g/mol. The van der Waals surface area contributed by atoms with E-state index in [4.69, 9.17) is 5.73 Å². The van der Waals surface area contributed by atoms with Gasteiger partial charge in [-0.2, -0.15) is 0 Å². The molecule has 104 valence electrons. The maximum atomic E-state index is 12.0. The summed E-state index contributed by atoms with van der Waals surface area (Å²) in [7, 11) is 0. The number of rotatable bonds is 4. The van der Waals surface area contributed by atoms with Crippen molar-refractivity contribution in [3.63, 3.8) is 0 Å². The second kappa shape index (κ2) is 6.53. The van der Waals surface area contributed by atoms with Gasteiger partial charge in [0.1, 0.15) is 0 Å². The van der Waals surface area contributed by atoms with E-state index >= 15 is 0 Å². The quantitative estimate of drug-likeness (QED) is 0.819. The van der Waals surface area contributed by atoms with Gasteiger partial charge >= 0.3 is 0 Å². The van der Waals surface area contributed by atoms with Crippen LogP contribution in [0.15, 0.2) is 0 Å². The van der Waals surface area contributed by atoms with Crippen molar-refractivity contribution in [3.8, 4) is 0 Å². The van der Waals surface area contributed by atoms with Crippen molar-refractivity contribution in [3.05, 3.63) is 0 Å². The number of amides is 1. The van der Waals surface area contributed by atoms with Crippen LogP contribution in [0.25, 0.3) is 0 Å². The van der Waals surface area contributed by atoms with Gasteiger partial charge in [0.2, 0.25) is 5.91 Å². The number of hydrogen-bond acceptors (Lipinski definition) is 3. The Hall–Kier alpha value is -0.610. The van der Waals surface area contributed by atoms with Gasteiger partial charge in [-0.15, -0.1) is 0 Å². The highest BCUT2D eigenvalue weighted by Gasteiger charge is 2.28.